The first-order valence-electron chi connectivity index (χ1n) is 9.60. The summed E-state index contributed by atoms with van der Waals surface area (Å²) in [5.74, 6) is 3.90. The fourth-order valence-electron chi connectivity index (χ4n) is 4.70. The first kappa shape index (κ1) is 18.0. The highest BCUT2D eigenvalue weighted by atomic mass is 16.7. The molecular weight excluding hydrogens is 374 g/mol. The van der Waals surface area contributed by atoms with Crippen molar-refractivity contribution in [2.45, 2.75) is 12.8 Å². The number of fused-ring (bicyclic) bond motifs is 4. The Kier molecular flexibility index (Phi) is 4.19. The van der Waals surface area contributed by atoms with Crippen molar-refractivity contribution >= 4 is 5.71 Å². The maximum Gasteiger partial charge on any atom is 0.231 e. The summed E-state index contributed by atoms with van der Waals surface area (Å²) >= 11 is 0. The van der Waals surface area contributed by atoms with E-state index in [4.69, 9.17) is 28.5 Å². The molecule has 7 heteroatoms. The molecule has 0 saturated heterocycles. The Bertz CT molecular complexity index is 976. The number of benzene rings is 2. The zero-order valence-electron chi connectivity index (χ0n) is 16.9. The van der Waals surface area contributed by atoms with Crippen LogP contribution in [0.5, 0.6) is 28.7 Å². The third kappa shape index (κ3) is 2.60. The van der Waals surface area contributed by atoms with E-state index in [9.17, 15) is 0 Å². The van der Waals surface area contributed by atoms with E-state index in [1.54, 1.807) is 21.3 Å². The molecular formula is C22H23NO6. The molecule has 0 fully saturated rings. The molecule has 0 spiro atoms. The van der Waals surface area contributed by atoms with Gasteiger partial charge in [-0.15, -0.1) is 0 Å². The van der Waals surface area contributed by atoms with Gasteiger partial charge in [0, 0.05) is 17.4 Å². The summed E-state index contributed by atoms with van der Waals surface area (Å²) < 4.78 is 28.0. The maximum absolute atomic E-state index is 5.66. The minimum absolute atomic E-state index is 0.0823. The van der Waals surface area contributed by atoms with Crippen molar-refractivity contribution < 1.29 is 28.5 Å². The van der Waals surface area contributed by atoms with Crippen LogP contribution in [0, 0.1) is 11.8 Å². The first-order chi connectivity index (χ1) is 14.2. The lowest BCUT2D eigenvalue weighted by molar-refractivity contribution is 0.138. The lowest BCUT2D eigenvalue weighted by Gasteiger charge is -2.36. The second-order valence-electron chi connectivity index (χ2n) is 7.47. The average molecular weight is 397 g/mol. The Hall–Kier alpha value is -3.09. The fraction of sp³-hybridized carbons (Fsp3) is 0.409. The lowest BCUT2D eigenvalue weighted by atomic mass is 9.66. The van der Waals surface area contributed by atoms with Crippen LogP contribution >= 0.6 is 0 Å². The van der Waals surface area contributed by atoms with Gasteiger partial charge >= 0.3 is 0 Å². The maximum atomic E-state index is 5.66. The molecule has 29 heavy (non-hydrogen) atoms. The van der Waals surface area contributed by atoms with Crippen molar-refractivity contribution in [2.75, 3.05) is 34.7 Å². The van der Waals surface area contributed by atoms with E-state index >= 15 is 0 Å². The van der Waals surface area contributed by atoms with Gasteiger partial charge in [0.25, 0.3) is 0 Å². The molecule has 0 aromatic heterocycles. The largest absolute Gasteiger partial charge is 0.493 e. The molecule has 3 atom stereocenters. The predicted molar refractivity (Wildman–Crippen MR) is 106 cm³/mol. The smallest absolute Gasteiger partial charge is 0.231 e. The second kappa shape index (κ2) is 6.76. The normalized spacial score (nSPS) is 23.6. The van der Waals surface area contributed by atoms with Crippen molar-refractivity contribution in [3.63, 3.8) is 0 Å². The van der Waals surface area contributed by atoms with Gasteiger partial charge in [-0.05, 0) is 41.3 Å². The highest BCUT2D eigenvalue weighted by Gasteiger charge is 2.43. The summed E-state index contributed by atoms with van der Waals surface area (Å²) in [7, 11) is 4.87. The predicted octanol–water partition coefficient (Wildman–Crippen LogP) is 3.57. The van der Waals surface area contributed by atoms with Gasteiger partial charge in [-0.3, -0.25) is 0 Å². The van der Waals surface area contributed by atoms with Crippen molar-refractivity contribution in [3.8, 4) is 28.7 Å². The van der Waals surface area contributed by atoms with Gasteiger partial charge in [-0.25, -0.2) is 0 Å². The third-order valence-corrected chi connectivity index (χ3v) is 6.13. The summed E-state index contributed by atoms with van der Waals surface area (Å²) in [5.41, 5.74) is 4.25. The fourth-order valence-corrected chi connectivity index (χ4v) is 4.70. The van der Waals surface area contributed by atoms with E-state index in [1.165, 1.54) is 0 Å². The Morgan fingerprint density at radius 3 is 2.28 bits per heavy atom. The molecule has 152 valence electrons. The molecule has 0 amide bonds. The van der Waals surface area contributed by atoms with Crippen LogP contribution in [0.1, 0.15) is 29.5 Å². The molecule has 0 radical (unpaired) electrons. The zero-order chi connectivity index (χ0) is 20.1. The van der Waals surface area contributed by atoms with Gasteiger partial charge in [-0.2, -0.15) is 0 Å². The average Bonchev–Trinajstić information content (AvgIpc) is 3.41. The minimum Gasteiger partial charge on any atom is -0.493 e. The van der Waals surface area contributed by atoms with Gasteiger partial charge in [0.05, 0.1) is 27.0 Å². The molecule has 3 unspecified atom stereocenters. The quantitative estimate of drug-likeness (QED) is 0.786. The highest BCUT2D eigenvalue weighted by Crippen LogP contribution is 2.51. The van der Waals surface area contributed by atoms with Crippen LogP contribution in [0.3, 0.4) is 0 Å². The van der Waals surface area contributed by atoms with E-state index in [1.807, 2.05) is 18.2 Å². The molecule has 0 saturated carbocycles. The Labute approximate surface area is 169 Å². The number of methoxy groups -OCH3 is 3. The molecule has 2 heterocycles. The topological polar surface area (TPSA) is 67.7 Å². The lowest BCUT2D eigenvalue weighted by Crippen LogP contribution is -2.34. The van der Waals surface area contributed by atoms with Crippen LogP contribution in [-0.4, -0.2) is 40.4 Å². The van der Waals surface area contributed by atoms with E-state index in [2.05, 4.69) is 18.1 Å². The van der Waals surface area contributed by atoms with Gasteiger partial charge in [0.2, 0.25) is 12.5 Å². The van der Waals surface area contributed by atoms with Crippen molar-refractivity contribution in [1.82, 2.24) is 0 Å². The zero-order valence-corrected chi connectivity index (χ0v) is 16.9. The second-order valence-corrected chi connectivity index (χ2v) is 7.47. The van der Waals surface area contributed by atoms with Crippen LogP contribution < -0.4 is 23.7 Å². The molecule has 2 aromatic rings. The number of oxime groups is 1. The van der Waals surface area contributed by atoms with Crippen molar-refractivity contribution in [1.29, 1.82) is 0 Å². The molecule has 2 aromatic carbocycles. The third-order valence-electron chi connectivity index (χ3n) is 6.13. The van der Waals surface area contributed by atoms with Gasteiger partial charge in [0.15, 0.2) is 23.0 Å². The van der Waals surface area contributed by atoms with Crippen LogP contribution in [0.25, 0.3) is 0 Å². The molecule has 7 nitrogen and oxygen atoms in total. The Morgan fingerprint density at radius 1 is 0.931 bits per heavy atom. The summed E-state index contributed by atoms with van der Waals surface area (Å²) in [5, 5.41) is 4.35. The number of nitrogens with zero attached hydrogens (tertiary/aromatic N) is 1. The van der Waals surface area contributed by atoms with E-state index in [0.29, 0.717) is 23.9 Å². The number of hydrogen-bond donors (Lipinski definition) is 0. The van der Waals surface area contributed by atoms with Gasteiger partial charge < -0.3 is 28.5 Å². The first-order valence-corrected chi connectivity index (χ1v) is 9.60. The monoisotopic (exact) mass is 397 g/mol. The number of hydrogen-bond acceptors (Lipinski definition) is 7. The van der Waals surface area contributed by atoms with Crippen LogP contribution in [0.4, 0.5) is 0 Å². The summed E-state index contributed by atoms with van der Waals surface area (Å²) in [6.45, 7) is 3.04. The van der Waals surface area contributed by atoms with Gasteiger partial charge in [-0.1, -0.05) is 12.1 Å². The summed E-state index contributed by atoms with van der Waals surface area (Å²) in [6.07, 6.45) is 0. The van der Waals surface area contributed by atoms with E-state index in [0.717, 1.165) is 33.9 Å². The van der Waals surface area contributed by atoms with E-state index < -0.39 is 0 Å². The van der Waals surface area contributed by atoms with E-state index in [-0.39, 0.29) is 24.5 Å². The summed E-state index contributed by atoms with van der Waals surface area (Å²) in [4.78, 5) is 5.50. The SMILES string of the molecule is COc1cc(C2c3cc4c(cc3C3=NOCC3C2C)OCO4)cc(OC)c1OC. The Morgan fingerprint density at radius 2 is 1.62 bits per heavy atom. The standard InChI is InChI=1S/C22H23NO6/c1-11-15-9-29-23-21(15)14-8-17-16(27-10-28-17)7-13(14)20(11)12-5-18(24-2)22(26-4)19(6-12)25-3/h5-8,11,15,20H,9-10H2,1-4H3. The number of ether oxygens (including phenoxy) is 5. The molecule has 0 N–H and O–H groups in total. The van der Waals surface area contributed by atoms with Gasteiger partial charge in [0.1, 0.15) is 6.61 Å². The molecule has 2 aliphatic heterocycles. The van der Waals surface area contributed by atoms with Crippen LogP contribution in [0.2, 0.25) is 0 Å². The molecule has 3 aliphatic rings. The minimum atomic E-state index is 0.0823. The Balaban J connectivity index is 1.72. The van der Waals surface area contributed by atoms with Crippen LogP contribution in [-0.2, 0) is 4.84 Å². The van der Waals surface area contributed by atoms with Crippen molar-refractivity contribution in [2.24, 2.45) is 17.0 Å². The molecule has 0 bridgehead atoms. The molecule has 5 rings (SSSR count). The number of rotatable bonds is 4. The molecule has 1 aliphatic carbocycles. The van der Waals surface area contributed by atoms with Crippen molar-refractivity contribution in [3.05, 3.63) is 41.0 Å². The highest BCUT2D eigenvalue weighted by molar-refractivity contribution is 6.06. The summed E-state index contributed by atoms with van der Waals surface area (Å²) in [6, 6.07) is 8.14. The van der Waals surface area contributed by atoms with Crippen LogP contribution in [0.15, 0.2) is 29.4 Å².